The minimum atomic E-state index is -4.88. The molecule has 0 spiro atoms. The number of rotatable bonds is 9. The molecular formula is C23H22F3N3O4S. The van der Waals surface area contributed by atoms with Crippen LogP contribution in [0, 0.1) is 18.3 Å². The van der Waals surface area contributed by atoms with Gasteiger partial charge in [-0.2, -0.15) is 18.3 Å². The maximum Gasteiger partial charge on any atom is 0.417 e. The highest BCUT2D eigenvalue weighted by atomic mass is 32.2. The van der Waals surface area contributed by atoms with Gasteiger partial charge < -0.3 is 10.5 Å². The van der Waals surface area contributed by atoms with Crippen LogP contribution in [0.2, 0.25) is 0 Å². The maximum atomic E-state index is 13.3. The lowest BCUT2D eigenvalue weighted by molar-refractivity contribution is -0.140. The highest BCUT2D eigenvalue weighted by Gasteiger charge is 2.37. The zero-order chi connectivity index (χ0) is 25.1. The van der Waals surface area contributed by atoms with E-state index in [4.69, 9.17) is 5.41 Å². The molecular weight excluding hydrogens is 471 g/mol. The van der Waals surface area contributed by atoms with Crippen molar-refractivity contribution in [2.24, 2.45) is 5.92 Å². The Kier molecular flexibility index (Phi) is 7.25. The maximum absolute atomic E-state index is 13.3. The fourth-order valence-corrected chi connectivity index (χ4v) is 5.13. The highest BCUT2D eigenvalue weighted by molar-refractivity contribution is 7.91. The molecule has 7 nitrogen and oxygen atoms in total. The van der Waals surface area contributed by atoms with Gasteiger partial charge in [0.05, 0.1) is 39.9 Å². The first-order chi connectivity index (χ1) is 15.9. The van der Waals surface area contributed by atoms with Gasteiger partial charge in [0, 0.05) is 0 Å². The molecule has 0 radical (unpaired) electrons. The third-order valence-electron chi connectivity index (χ3n) is 5.20. The number of alkyl halides is 3. The monoisotopic (exact) mass is 493 g/mol. The fourth-order valence-electron chi connectivity index (χ4n) is 3.56. The number of carbonyl (C=O) groups is 1. The molecule has 0 saturated carbocycles. The van der Waals surface area contributed by atoms with Gasteiger partial charge in [0.15, 0.2) is 9.84 Å². The van der Waals surface area contributed by atoms with Crippen molar-refractivity contribution in [3.8, 4) is 0 Å². The Morgan fingerprint density at radius 1 is 1.12 bits per heavy atom. The van der Waals surface area contributed by atoms with Crippen molar-refractivity contribution in [3.63, 3.8) is 0 Å². The first-order valence-electron chi connectivity index (χ1n) is 10.2. The normalized spacial score (nSPS) is 12.9. The van der Waals surface area contributed by atoms with E-state index in [1.807, 2.05) is 30.3 Å². The van der Waals surface area contributed by atoms with E-state index in [-0.39, 0.29) is 18.0 Å². The Labute approximate surface area is 194 Å². The summed E-state index contributed by atoms with van der Waals surface area (Å²) >= 11 is 0. The zero-order valence-corrected chi connectivity index (χ0v) is 18.9. The second-order valence-corrected chi connectivity index (χ2v) is 9.80. The summed E-state index contributed by atoms with van der Waals surface area (Å²) in [6.07, 6.45) is -5.46. The molecule has 180 valence electrons. The molecule has 11 heteroatoms. The molecule has 0 saturated heterocycles. The minimum absolute atomic E-state index is 0.196. The zero-order valence-electron chi connectivity index (χ0n) is 18.1. The van der Waals surface area contributed by atoms with E-state index in [9.17, 15) is 31.5 Å². The summed E-state index contributed by atoms with van der Waals surface area (Å²) in [5.74, 6) is -3.88. The van der Waals surface area contributed by atoms with Gasteiger partial charge in [0.25, 0.3) is 0 Å². The number of nitrogens with zero attached hydrogens (tertiary/aromatic N) is 2. The summed E-state index contributed by atoms with van der Waals surface area (Å²) in [7, 11) is -4.47. The van der Waals surface area contributed by atoms with E-state index < -0.39 is 50.5 Å². The number of aliphatic carboxylic acids is 1. The quantitative estimate of drug-likeness (QED) is 0.434. The highest BCUT2D eigenvalue weighted by Crippen LogP contribution is 2.34. The molecule has 0 amide bonds. The molecule has 2 aromatic carbocycles. The third-order valence-corrected chi connectivity index (χ3v) is 7.00. The van der Waals surface area contributed by atoms with Gasteiger partial charge in [-0.1, -0.05) is 42.5 Å². The number of halogens is 3. The number of hydrogen-bond donors (Lipinski definition) is 2. The molecule has 0 aliphatic heterocycles. The predicted octanol–water partition coefficient (Wildman–Crippen LogP) is 4.19. The topological polar surface area (TPSA) is 113 Å². The SMILES string of the molecule is Cc1cc(C(=N)C(CCS(=O)(=O)c2ccccc2C(F)(F)F)C(=O)O)n(Cc2ccccc2)n1. The van der Waals surface area contributed by atoms with Gasteiger partial charge in [0.1, 0.15) is 5.92 Å². The molecule has 0 fully saturated rings. The minimum Gasteiger partial charge on any atom is -0.481 e. The predicted molar refractivity (Wildman–Crippen MR) is 119 cm³/mol. The molecule has 3 aromatic rings. The van der Waals surface area contributed by atoms with Crippen LogP contribution in [-0.4, -0.2) is 40.7 Å². The van der Waals surface area contributed by atoms with E-state index in [2.05, 4.69) is 5.10 Å². The van der Waals surface area contributed by atoms with Gasteiger partial charge in [-0.05, 0) is 37.1 Å². The van der Waals surface area contributed by atoms with Crippen LogP contribution in [0.25, 0.3) is 0 Å². The van der Waals surface area contributed by atoms with E-state index >= 15 is 0 Å². The number of carboxylic acid groups (broad SMARTS) is 1. The standard InChI is InChI=1S/C23H22F3N3O4S/c1-15-13-19(29(28-15)14-16-7-3-2-4-8-16)21(27)17(22(30)31)11-12-34(32,33)20-10-6-5-9-18(20)23(24,25)26/h2-10,13,17,27H,11-12,14H2,1H3,(H,30,31). The fraction of sp³-hybridized carbons (Fsp3) is 0.261. The summed E-state index contributed by atoms with van der Waals surface area (Å²) in [5, 5.41) is 22.5. The molecule has 34 heavy (non-hydrogen) atoms. The molecule has 0 bridgehead atoms. The smallest absolute Gasteiger partial charge is 0.417 e. The van der Waals surface area contributed by atoms with Gasteiger partial charge in [-0.3, -0.25) is 9.48 Å². The average Bonchev–Trinajstić information content (AvgIpc) is 3.13. The number of aromatic nitrogens is 2. The van der Waals surface area contributed by atoms with Gasteiger partial charge >= 0.3 is 12.1 Å². The van der Waals surface area contributed by atoms with Crippen molar-refractivity contribution < 1.29 is 31.5 Å². The number of hydrogen-bond acceptors (Lipinski definition) is 5. The van der Waals surface area contributed by atoms with E-state index in [1.165, 1.54) is 16.8 Å². The summed E-state index contributed by atoms with van der Waals surface area (Å²) in [4.78, 5) is 11.0. The van der Waals surface area contributed by atoms with Gasteiger partial charge in [-0.15, -0.1) is 0 Å². The Morgan fingerprint density at radius 2 is 1.74 bits per heavy atom. The van der Waals surface area contributed by atoms with Crippen molar-refractivity contribution >= 4 is 21.5 Å². The number of benzene rings is 2. The van der Waals surface area contributed by atoms with Crippen LogP contribution >= 0.6 is 0 Å². The van der Waals surface area contributed by atoms with Crippen LogP contribution in [-0.2, 0) is 27.4 Å². The summed E-state index contributed by atoms with van der Waals surface area (Å²) in [6, 6.07) is 14.4. The molecule has 0 aliphatic carbocycles. The van der Waals surface area contributed by atoms with Crippen molar-refractivity contribution in [2.45, 2.75) is 31.0 Å². The second-order valence-electron chi connectivity index (χ2n) is 7.72. The molecule has 1 heterocycles. The Hall–Kier alpha value is -3.47. The van der Waals surface area contributed by atoms with Crippen LogP contribution in [0.15, 0.2) is 65.6 Å². The third kappa shape index (κ3) is 5.71. The lowest BCUT2D eigenvalue weighted by Gasteiger charge is -2.17. The first-order valence-corrected chi connectivity index (χ1v) is 11.8. The van der Waals surface area contributed by atoms with E-state index in [0.29, 0.717) is 11.8 Å². The van der Waals surface area contributed by atoms with Crippen LogP contribution in [0.1, 0.15) is 28.9 Å². The Morgan fingerprint density at radius 3 is 2.35 bits per heavy atom. The summed E-state index contributed by atoms with van der Waals surface area (Å²) < 4.78 is 66.7. The molecule has 2 N–H and O–H groups in total. The van der Waals surface area contributed by atoms with Crippen LogP contribution < -0.4 is 0 Å². The largest absolute Gasteiger partial charge is 0.481 e. The van der Waals surface area contributed by atoms with Crippen molar-refractivity contribution in [1.29, 1.82) is 5.41 Å². The first kappa shape index (κ1) is 25.2. The summed E-state index contributed by atoms with van der Waals surface area (Å²) in [6.45, 7) is 1.93. The molecule has 1 aromatic heterocycles. The summed E-state index contributed by atoms with van der Waals surface area (Å²) in [5.41, 5.74) is -0.0944. The van der Waals surface area contributed by atoms with Crippen LogP contribution in [0.3, 0.4) is 0 Å². The average molecular weight is 494 g/mol. The number of carboxylic acids is 1. The van der Waals surface area contributed by atoms with E-state index in [0.717, 1.165) is 17.7 Å². The van der Waals surface area contributed by atoms with E-state index in [1.54, 1.807) is 6.92 Å². The number of sulfone groups is 1. The Bertz CT molecular complexity index is 1300. The van der Waals surface area contributed by atoms with Crippen molar-refractivity contribution in [1.82, 2.24) is 9.78 Å². The van der Waals surface area contributed by atoms with Gasteiger partial charge in [-0.25, -0.2) is 8.42 Å². The molecule has 1 atom stereocenters. The number of nitrogens with one attached hydrogen (secondary N) is 1. The lowest BCUT2D eigenvalue weighted by atomic mass is 9.97. The lowest BCUT2D eigenvalue weighted by Crippen LogP contribution is -2.29. The molecule has 0 aliphatic rings. The molecule has 3 rings (SSSR count). The second kappa shape index (κ2) is 9.80. The Balaban J connectivity index is 1.86. The van der Waals surface area contributed by atoms with Crippen molar-refractivity contribution in [3.05, 3.63) is 83.2 Å². The number of aryl methyl sites for hydroxylation is 1. The van der Waals surface area contributed by atoms with Crippen molar-refractivity contribution in [2.75, 3.05) is 5.75 Å². The van der Waals surface area contributed by atoms with Crippen LogP contribution in [0.5, 0.6) is 0 Å². The van der Waals surface area contributed by atoms with Crippen LogP contribution in [0.4, 0.5) is 13.2 Å². The molecule has 1 unspecified atom stereocenters. The van der Waals surface area contributed by atoms with Gasteiger partial charge in [0.2, 0.25) is 0 Å².